The maximum absolute atomic E-state index is 12.0. The molecule has 3 aromatic rings. The second-order valence-corrected chi connectivity index (χ2v) is 14.5. The van der Waals surface area contributed by atoms with Crippen molar-refractivity contribution in [2.24, 2.45) is 11.1 Å². The van der Waals surface area contributed by atoms with Crippen molar-refractivity contribution in [2.45, 2.75) is 72.2 Å². The predicted molar refractivity (Wildman–Crippen MR) is 195 cm³/mol. The zero-order valence-corrected chi connectivity index (χ0v) is 32.3. The zero-order valence-electron chi connectivity index (χ0n) is 29.9. The minimum absolute atomic E-state index is 0. The molecule has 1 fully saturated rings. The standard InChI is InChI=1S/C18H22N2O3.C11H14N2O2.C7H11BrO2.ClH/c1-10-6-11(2)13(17(21)22-5)7-12(10)16-19-14-8-23-9-18(3,4)15(14)20-16;1-6-4-7(2)9(11(14)15-3)5-8(6)10(12)13;1-7(2)4-10-3-5(8)6(7)9;/h6-7H,8-9H2,1-5H3,(H,19,20);4-5H,1-3H3,(H3,12,13);5H,3-4H2,1-2H3;1H. The Balaban J connectivity index is 0.000000277. The molecule has 2 aromatic carbocycles. The number of nitrogen functional groups attached to an aromatic ring is 1. The first-order valence-electron chi connectivity index (χ1n) is 15.5. The number of carbonyl (C=O) groups excluding carboxylic acids is 3. The molecule has 0 amide bonds. The van der Waals surface area contributed by atoms with Crippen LogP contribution in [0.2, 0.25) is 0 Å². The summed E-state index contributed by atoms with van der Waals surface area (Å²) < 4.78 is 20.4. The number of H-pyrrole nitrogens is 1. The van der Waals surface area contributed by atoms with E-state index < -0.39 is 5.97 Å². The molecule has 1 aromatic heterocycles. The van der Waals surface area contributed by atoms with Crippen LogP contribution in [0.4, 0.5) is 0 Å². The summed E-state index contributed by atoms with van der Waals surface area (Å²) in [5, 5.41) is 7.37. The van der Waals surface area contributed by atoms with Gasteiger partial charge in [-0.1, -0.05) is 55.8 Å². The third-order valence-electron chi connectivity index (χ3n) is 8.31. The zero-order chi connectivity index (χ0) is 36.1. The van der Waals surface area contributed by atoms with Gasteiger partial charge in [0.25, 0.3) is 0 Å². The molecule has 0 spiro atoms. The highest BCUT2D eigenvalue weighted by Crippen LogP contribution is 2.34. The predicted octanol–water partition coefficient (Wildman–Crippen LogP) is 6.46. The number of nitrogens with two attached hydrogens (primary N) is 1. The number of amidine groups is 1. The summed E-state index contributed by atoms with van der Waals surface area (Å²) in [7, 11) is 2.72. The van der Waals surface area contributed by atoms with Crippen molar-refractivity contribution in [3.63, 3.8) is 0 Å². The number of fused-ring (bicyclic) bond motifs is 1. The summed E-state index contributed by atoms with van der Waals surface area (Å²) in [6.45, 7) is 17.9. The SMILES string of the molecule is CC1(C)COCC(Br)C1=O.COC(=O)c1cc(-c2nc3c([nH]2)COCC3(C)C)c(C)cc1C.COC(=O)c1cc(C(=N)N)c(C)cc1C.Cl. The van der Waals surface area contributed by atoms with Gasteiger partial charge in [0.1, 0.15) is 11.7 Å². The fraction of sp³-hybridized carbons (Fsp3) is 0.472. The number of carbonyl (C=O) groups is 3. The molecule has 1 atom stereocenters. The molecule has 4 N–H and O–H groups in total. The number of Topliss-reactive ketones (excluding diaryl/α,β-unsaturated/α-hetero) is 1. The van der Waals surface area contributed by atoms with Crippen molar-refractivity contribution in [3.05, 3.63) is 74.6 Å². The number of aromatic amines is 1. The number of esters is 2. The van der Waals surface area contributed by atoms with Crippen molar-refractivity contribution in [1.82, 2.24) is 9.97 Å². The Morgan fingerprint density at radius 3 is 1.88 bits per heavy atom. The second kappa shape index (κ2) is 16.9. The molecule has 1 unspecified atom stereocenters. The van der Waals surface area contributed by atoms with E-state index in [0.717, 1.165) is 45.0 Å². The van der Waals surface area contributed by atoms with E-state index >= 15 is 0 Å². The van der Waals surface area contributed by atoms with Crippen LogP contribution in [0, 0.1) is 38.5 Å². The lowest BCUT2D eigenvalue weighted by atomic mass is 9.86. The molecule has 0 aliphatic carbocycles. The van der Waals surface area contributed by atoms with Crippen molar-refractivity contribution in [2.75, 3.05) is 34.0 Å². The van der Waals surface area contributed by atoms with Crippen molar-refractivity contribution in [1.29, 1.82) is 5.41 Å². The minimum atomic E-state index is -0.407. The largest absolute Gasteiger partial charge is 0.465 e. The van der Waals surface area contributed by atoms with Crippen LogP contribution in [0.5, 0.6) is 0 Å². The minimum Gasteiger partial charge on any atom is -0.465 e. The summed E-state index contributed by atoms with van der Waals surface area (Å²) in [5.41, 5.74) is 13.2. The number of benzene rings is 2. The van der Waals surface area contributed by atoms with Crippen LogP contribution < -0.4 is 5.73 Å². The van der Waals surface area contributed by atoms with E-state index in [4.69, 9.17) is 30.3 Å². The quantitative estimate of drug-likeness (QED) is 0.117. The van der Waals surface area contributed by atoms with Gasteiger partial charge in [0.15, 0.2) is 5.78 Å². The Morgan fingerprint density at radius 1 is 0.878 bits per heavy atom. The van der Waals surface area contributed by atoms with E-state index in [1.54, 1.807) is 6.07 Å². The Labute approximate surface area is 303 Å². The van der Waals surface area contributed by atoms with Gasteiger partial charge in [0, 0.05) is 22.0 Å². The third-order valence-corrected chi connectivity index (χ3v) is 8.99. The van der Waals surface area contributed by atoms with Crippen LogP contribution in [-0.2, 0) is 35.8 Å². The molecule has 11 nitrogen and oxygen atoms in total. The summed E-state index contributed by atoms with van der Waals surface area (Å²) in [6.07, 6.45) is 0. The van der Waals surface area contributed by atoms with E-state index in [2.05, 4.69) is 39.5 Å². The molecule has 5 rings (SSSR count). The van der Waals surface area contributed by atoms with Crippen molar-refractivity contribution < 1.29 is 33.3 Å². The molecule has 0 bridgehead atoms. The fourth-order valence-electron chi connectivity index (χ4n) is 5.58. The van der Waals surface area contributed by atoms with Crippen LogP contribution in [0.25, 0.3) is 11.4 Å². The van der Waals surface area contributed by atoms with Gasteiger partial charge in [-0.05, 0) is 62.1 Å². The van der Waals surface area contributed by atoms with Gasteiger partial charge >= 0.3 is 11.9 Å². The van der Waals surface area contributed by atoms with E-state index in [1.165, 1.54) is 14.2 Å². The third kappa shape index (κ3) is 9.78. The maximum atomic E-state index is 12.0. The summed E-state index contributed by atoms with van der Waals surface area (Å²) in [4.78, 5) is 42.7. The number of ketones is 1. The number of alkyl halides is 1. The topological polar surface area (TPSA) is 167 Å². The van der Waals surface area contributed by atoms with Gasteiger partial charge in [0.05, 0.1) is 68.0 Å². The molecular weight excluding hydrogens is 716 g/mol. The summed E-state index contributed by atoms with van der Waals surface area (Å²) >= 11 is 3.25. The number of imidazole rings is 1. The number of hydrogen-bond donors (Lipinski definition) is 3. The number of hydrogen-bond acceptors (Lipinski definition) is 9. The van der Waals surface area contributed by atoms with Gasteiger partial charge in [-0.2, -0.15) is 0 Å². The van der Waals surface area contributed by atoms with Gasteiger partial charge in [-0.15, -0.1) is 12.4 Å². The van der Waals surface area contributed by atoms with Crippen molar-refractivity contribution in [3.8, 4) is 11.4 Å². The highest BCUT2D eigenvalue weighted by atomic mass is 79.9. The molecule has 1 saturated heterocycles. The number of methoxy groups -OCH3 is 2. The van der Waals surface area contributed by atoms with Crippen LogP contribution in [0.15, 0.2) is 24.3 Å². The Bertz CT molecular complexity index is 1720. The average molecular weight is 764 g/mol. The lowest BCUT2D eigenvalue weighted by Gasteiger charge is -2.30. The molecule has 3 heterocycles. The number of ether oxygens (including phenoxy) is 4. The first-order chi connectivity index (χ1) is 22.3. The molecule has 13 heteroatoms. The summed E-state index contributed by atoms with van der Waals surface area (Å²) in [6, 6.07) is 7.27. The Kier molecular flexibility index (Phi) is 14.3. The first-order valence-corrected chi connectivity index (χ1v) is 16.4. The number of aryl methyl sites for hydroxylation is 4. The smallest absolute Gasteiger partial charge is 0.338 e. The maximum Gasteiger partial charge on any atom is 0.338 e. The average Bonchev–Trinajstić information content (AvgIpc) is 3.45. The monoisotopic (exact) mass is 762 g/mol. The number of aromatic nitrogens is 2. The number of nitrogens with zero attached hydrogens (tertiary/aromatic N) is 1. The van der Waals surface area contributed by atoms with E-state index in [0.29, 0.717) is 43.1 Å². The van der Waals surface area contributed by atoms with E-state index in [-0.39, 0.29) is 45.7 Å². The van der Waals surface area contributed by atoms with Crippen LogP contribution >= 0.6 is 28.3 Å². The van der Waals surface area contributed by atoms with Crippen molar-refractivity contribution >= 4 is 51.9 Å². The second-order valence-electron chi connectivity index (χ2n) is 13.4. The van der Waals surface area contributed by atoms with Gasteiger partial charge in [-0.3, -0.25) is 10.2 Å². The Morgan fingerprint density at radius 2 is 1.39 bits per heavy atom. The normalized spacial score (nSPS) is 17.1. The molecule has 0 saturated carbocycles. The van der Waals surface area contributed by atoms with E-state index in [9.17, 15) is 14.4 Å². The molecule has 2 aliphatic rings. The van der Waals surface area contributed by atoms with Gasteiger partial charge in [0.2, 0.25) is 0 Å². The van der Waals surface area contributed by atoms with Crippen LogP contribution in [-0.4, -0.2) is 72.4 Å². The molecule has 268 valence electrons. The van der Waals surface area contributed by atoms with Crippen LogP contribution in [0.1, 0.15) is 87.6 Å². The molecule has 2 aliphatic heterocycles. The number of rotatable bonds is 4. The fourth-order valence-corrected chi connectivity index (χ4v) is 6.38. The first kappa shape index (κ1) is 41.6. The van der Waals surface area contributed by atoms with E-state index in [1.807, 2.05) is 59.7 Å². The van der Waals surface area contributed by atoms with Gasteiger partial charge in [-0.25, -0.2) is 14.6 Å². The summed E-state index contributed by atoms with van der Waals surface area (Å²) in [5.74, 6) is 0.242. The molecule has 49 heavy (non-hydrogen) atoms. The highest BCUT2D eigenvalue weighted by Gasteiger charge is 2.36. The van der Waals surface area contributed by atoms with Crippen LogP contribution in [0.3, 0.4) is 0 Å². The molecular formula is C36H48BrClN4O7. The molecule has 0 radical (unpaired) electrons. The lowest BCUT2D eigenvalue weighted by Crippen LogP contribution is -2.42. The van der Waals surface area contributed by atoms with Gasteiger partial charge < -0.3 is 29.7 Å². The lowest BCUT2D eigenvalue weighted by molar-refractivity contribution is -0.136. The highest BCUT2D eigenvalue weighted by molar-refractivity contribution is 9.10. The number of nitrogens with one attached hydrogen (secondary N) is 2. The number of halogens is 2. The Hall–Kier alpha value is -3.58.